The number of benzene rings is 7. The zero-order valence-electron chi connectivity index (χ0n) is 30.2. The van der Waals surface area contributed by atoms with E-state index in [0.29, 0.717) is 28.2 Å². The second-order valence-electron chi connectivity index (χ2n) is 14.5. The molecule has 0 amide bonds. The summed E-state index contributed by atoms with van der Waals surface area (Å²) in [6, 6.07) is 47.0. The molecule has 0 aliphatic rings. The van der Waals surface area contributed by atoms with E-state index >= 15 is 0 Å². The first-order chi connectivity index (χ1) is 28.4. The molecule has 5 heterocycles. The summed E-state index contributed by atoms with van der Waals surface area (Å²) in [7, 11) is 0. The third kappa shape index (κ3) is 4.45. The van der Waals surface area contributed by atoms with Gasteiger partial charge in [0.25, 0.3) is 0 Å². The van der Waals surface area contributed by atoms with E-state index in [-0.39, 0.29) is 11.1 Å². The Hall–Kier alpha value is -7.83. The standard InChI is InChI=1S/C49H25F3N4O2/c50-49(51,52)29-22-27(25-53)21-28(23-29)36-24-44(56-38-14-6-2-10-31(38)33-18-20-43-46(48(33)56)35-12-4-8-16-41(35)58-43)54-26-39(36)55-37-13-5-1-9-30(37)32-17-19-42-45(47(32)55)34-11-3-7-15-40(34)57-42/h1-24,26H. The van der Waals surface area contributed by atoms with E-state index in [1.165, 1.54) is 6.07 Å². The molecule has 0 saturated carbocycles. The van der Waals surface area contributed by atoms with Crippen LogP contribution < -0.4 is 0 Å². The monoisotopic (exact) mass is 758 g/mol. The second-order valence-corrected chi connectivity index (χ2v) is 14.5. The van der Waals surface area contributed by atoms with Gasteiger partial charge in [0.1, 0.15) is 28.1 Å². The third-order valence-electron chi connectivity index (χ3n) is 11.4. The van der Waals surface area contributed by atoms with E-state index in [1.807, 2.05) is 127 Å². The fourth-order valence-electron chi connectivity index (χ4n) is 9.00. The summed E-state index contributed by atoms with van der Waals surface area (Å²) in [5.41, 5.74) is 6.42. The van der Waals surface area contributed by atoms with Gasteiger partial charge in [-0.25, -0.2) is 4.98 Å². The summed E-state index contributed by atoms with van der Waals surface area (Å²) in [5, 5.41) is 17.6. The van der Waals surface area contributed by atoms with Crippen LogP contribution in [0.2, 0.25) is 0 Å². The molecule has 5 aromatic heterocycles. The zero-order chi connectivity index (χ0) is 38.9. The number of fused-ring (bicyclic) bond motifs is 14. The van der Waals surface area contributed by atoms with Crippen LogP contribution in [0.5, 0.6) is 0 Å². The van der Waals surface area contributed by atoms with Crippen molar-refractivity contribution < 1.29 is 22.0 Å². The number of pyridine rings is 1. The topological polar surface area (TPSA) is 72.8 Å². The minimum absolute atomic E-state index is 0.108. The smallest absolute Gasteiger partial charge is 0.416 e. The lowest BCUT2D eigenvalue weighted by molar-refractivity contribution is -0.137. The predicted molar refractivity (Wildman–Crippen MR) is 223 cm³/mol. The molecule has 0 N–H and O–H groups in total. The van der Waals surface area contributed by atoms with Crippen molar-refractivity contribution in [2.24, 2.45) is 0 Å². The number of rotatable bonds is 3. The molecule has 7 aromatic carbocycles. The highest BCUT2D eigenvalue weighted by Gasteiger charge is 2.32. The highest BCUT2D eigenvalue weighted by Crippen LogP contribution is 2.45. The first-order valence-electron chi connectivity index (χ1n) is 18.7. The average Bonchev–Trinajstić information content (AvgIpc) is 4.00. The van der Waals surface area contributed by atoms with Gasteiger partial charge < -0.3 is 13.4 Å². The van der Waals surface area contributed by atoms with Crippen LogP contribution in [-0.4, -0.2) is 14.1 Å². The van der Waals surface area contributed by atoms with E-state index in [2.05, 4.69) is 15.2 Å². The minimum atomic E-state index is -4.70. The highest BCUT2D eigenvalue weighted by atomic mass is 19.4. The molecule has 0 saturated heterocycles. The van der Waals surface area contributed by atoms with Crippen molar-refractivity contribution in [2.45, 2.75) is 6.18 Å². The summed E-state index contributed by atoms with van der Waals surface area (Å²) in [4.78, 5) is 5.19. The fourth-order valence-corrected chi connectivity index (χ4v) is 9.00. The van der Waals surface area contributed by atoms with Crippen LogP contribution in [0.25, 0.3) is 110 Å². The highest BCUT2D eigenvalue weighted by molar-refractivity contribution is 6.26. The second kappa shape index (κ2) is 11.6. The van der Waals surface area contributed by atoms with Crippen LogP contribution >= 0.6 is 0 Å². The van der Waals surface area contributed by atoms with Crippen LogP contribution in [0, 0.1) is 11.3 Å². The molecule has 0 spiro atoms. The van der Waals surface area contributed by atoms with Gasteiger partial charge >= 0.3 is 6.18 Å². The Kier molecular flexibility index (Phi) is 6.48. The van der Waals surface area contributed by atoms with Gasteiger partial charge in [0.15, 0.2) is 0 Å². The normalized spacial score (nSPS) is 12.4. The molecule has 0 radical (unpaired) electrons. The number of hydrogen-bond acceptors (Lipinski definition) is 4. The third-order valence-corrected chi connectivity index (χ3v) is 11.4. The molecule has 12 rings (SSSR count). The maximum atomic E-state index is 14.6. The minimum Gasteiger partial charge on any atom is -0.456 e. The van der Waals surface area contributed by atoms with Gasteiger partial charge in [-0.05, 0) is 78.4 Å². The Bertz CT molecular complexity index is 3760. The number of nitriles is 1. The van der Waals surface area contributed by atoms with Gasteiger partial charge in [0, 0.05) is 37.9 Å². The predicted octanol–water partition coefficient (Wildman–Crippen LogP) is 13.6. The molecule has 274 valence electrons. The van der Waals surface area contributed by atoms with Gasteiger partial charge in [0.2, 0.25) is 0 Å². The van der Waals surface area contributed by atoms with Gasteiger partial charge in [-0.1, -0.05) is 72.8 Å². The quantitative estimate of drug-likeness (QED) is 0.180. The van der Waals surface area contributed by atoms with E-state index in [1.54, 1.807) is 6.20 Å². The Morgan fingerprint density at radius 3 is 1.66 bits per heavy atom. The number of aromatic nitrogens is 3. The van der Waals surface area contributed by atoms with Gasteiger partial charge in [-0.15, -0.1) is 0 Å². The summed E-state index contributed by atoms with van der Waals surface area (Å²) in [6.07, 6.45) is -2.97. The lowest BCUT2D eigenvalue weighted by atomic mass is 9.98. The number of halogens is 3. The van der Waals surface area contributed by atoms with E-state index in [4.69, 9.17) is 13.8 Å². The number of furan rings is 2. The van der Waals surface area contributed by atoms with Crippen molar-refractivity contribution in [3.8, 4) is 28.7 Å². The number of nitrogens with zero attached hydrogens (tertiary/aromatic N) is 4. The number of para-hydroxylation sites is 4. The molecular formula is C49H25F3N4O2. The summed E-state index contributed by atoms with van der Waals surface area (Å²) >= 11 is 0. The molecule has 9 heteroatoms. The largest absolute Gasteiger partial charge is 0.456 e. The lowest BCUT2D eigenvalue weighted by Crippen LogP contribution is -2.07. The summed E-state index contributed by atoms with van der Waals surface area (Å²) < 4.78 is 60.7. The molecule has 58 heavy (non-hydrogen) atoms. The van der Waals surface area contributed by atoms with Crippen molar-refractivity contribution in [1.82, 2.24) is 14.1 Å². The number of hydrogen-bond donors (Lipinski definition) is 0. The maximum absolute atomic E-state index is 14.6. The van der Waals surface area contributed by atoms with Gasteiger partial charge in [-0.2, -0.15) is 18.4 Å². The fraction of sp³-hybridized carbons (Fsp3) is 0.0204. The molecule has 0 aliphatic heterocycles. The average molecular weight is 759 g/mol. The van der Waals surface area contributed by atoms with E-state index in [0.717, 1.165) is 88.5 Å². The summed E-state index contributed by atoms with van der Waals surface area (Å²) in [6.45, 7) is 0. The molecule has 6 nitrogen and oxygen atoms in total. The van der Waals surface area contributed by atoms with Crippen molar-refractivity contribution in [3.63, 3.8) is 0 Å². The van der Waals surface area contributed by atoms with E-state index in [9.17, 15) is 18.4 Å². The van der Waals surface area contributed by atoms with Crippen molar-refractivity contribution >= 4 is 87.5 Å². The van der Waals surface area contributed by atoms with Crippen LogP contribution in [-0.2, 0) is 6.18 Å². The van der Waals surface area contributed by atoms with Crippen LogP contribution in [0.3, 0.4) is 0 Å². The van der Waals surface area contributed by atoms with Crippen molar-refractivity contribution in [1.29, 1.82) is 5.26 Å². The lowest BCUT2D eigenvalue weighted by Gasteiger charge is -2.18. The molecule has 12 aromatic rings. The Labute approximate surface area is 325 Å². The molecule has 0 bridgehead atoms. The summed E-state index contributed by atoms with van der Waals surface area (Å²) in [5.74, 6) is 0.485. The Balaban J connectivity index is 1.26. The van der Waals surface area contributed by atoms with Crippen molar-refractivity contribution in [2.75, 3.05) is 0 Å². The van der Waals surface area contributed by atoms with E-state index < -0.39 is 11.7 Å². The molecule has 0 unspecified atom stereocenters. The van der Waals surface area contributed by atoms with Gasteiger partial charge in [0.05, 0.1) is 61.9 Å². The van der Waals surface area contributed by atoms with Crippen molar-refractivity contribution in [3.05, 3.63) is 163 Å². The van der Waals surface area contributed by atoms with Gasteiger partial charge in [-0.3, -0.25) is 4.57 Å². The molecule has 0 atom stereocenters. The Morgan fingerprint density at radius 1 is 0.534 bits per heavy atom. The Morgan fingerprint density at radius 2 is 1.07 bits per heavy atom. The zero-order valence-corrected chi connectivity index (χ0v) is 30.2. The van der Waals surface area contributed by atoms with Crippen LogP contribution in [0.1, 0.15) is 11.1 Å². The molecular weight excluding hydrogens is 734 g/mol. The molecule has 0 fully saturated rings. The van der Waals surface area contributed by atoms with Crippen LogP contribution in [0.4, 0.5) is 13.2 Å². The number of alkyl halides is 3. The first-order valence-corrected chi connectivity index (χ1v) is 18.7. The molecule has 0 aliphatic carbocycles. The maximum Gasteiger partial charge on any atom is 0.416 e. The SMILES string of the molecule is N#Cc1cc(-c2cc(-n3c4ccccc4c4ccc5oc6ccccc6c5c43)ncc2-n2c3ccccc3c3ccc4oc5ccccc5c4c32)cc(C(F)(F)F)c1. The first kappa shape index (κ1) is 32.4. The van der Waals surface area contributed by atoms with Crippen LogP contribution in [0.15, 0.2) is 161 Å².